The molecule has 1 heteroatoms. The van der Waals surface area contributed by atoms with Crippen LogP contribution in [0.3, 0.4) is 0 Å². The standard InChI is InChI=1S/C52H55N/c1-4-6-8-16-34-52(35-17-9-7-5-2)48-23-15-14-18-42(48)43-33-32-41(36-49(43)52)53-40-30-28-39(29-31-40)51-46-21-12-10-19-44(46)50(38-26-24-37(3)25-27-38)45-20-11-13-22-47(45)51/h10-15,19-33,36,42,53H,4-9,16-18,34-35H2,1-3H3. The molecule has 1 atom stereocenters. The predicted molar refractivity (Wildman–Crippen MR) is 231 cm³/mol. The summed E-state index contributed by atoms with van der Waals surface area (Å²) in [5, 5.41) is 9.03. The van der Waals surface area contributed by atoms with E-state index in [0.29, 0.717) is 5.92 Å². The first-order valence-electron chi connectivity index (χ1n) is 20.5. The summed E-state index contributed by atoms with van der Waals surface area (Å²) < 4.78 is 0. The molecule has 2 aliphatic rings. The molecule has 0 bridgehead atoms. The number of unbranched alkanes of at least 4 members (excludes halogenated alkanes) is 6. The highest BCUT2D eigenvalue weighted by molar-refractivity contribution is 6.21. The highest BCUT2D eigenvalue weighted by Gasteiger charge is 2.47. The summed E-state index contributed by atoms with van der Waals surface area (Å²) in [6.45, 7) is 6.81. The monoisotopic (exact) mass is 693 g/mol. The maximum atomic E-state index is 3.86. The lowest BCUT2D eigenvalue weighted by molar-refractivity contribution is 0.388. The van der Waals surface area contributed by atoms with Gasteiger partial charge < -0.3 is 5.32 Å². The quantitative estimate of drug-likeness (QED) is 0.0884. The normalized spacial score (nSPS) is 15.8. The van der Waals surface area contributed by atoms with E-state index >= 15 is 0 Å². The number of allylic oxidation sites excluding steroid dienone is 4. The third kappa shape index (κ3) is 6.76. The fraction of sp³-hybridized carbons (Fsp3) is 0.308. The fourth-order valence-electron chi connectivity index (χ4n) is 9.67. The van der Waals surface area contributed by atoms with E-state index in [1.54, 1.807) is 16.7 Å². The predicted octanol–water partition coefficient (Wildman–Crippen LogP) is 15.5. The zero-order valence-electron chi connectivity index (χ0n) is 32.1. The lowest BCUT2D eigenvalue weighted by atomic mass is 9.69. The van der Waals surface area contributed by atoms with Gasteiger partial charge in [-0.15, -0.1) is 0 Å². The van der Waals surface area contributed by atoms with Crippen LogP contribution in [0.5, 0.6) is 0 Å². The van der Waals surface area contributed by atoms with Gasteiger partial charge in [0.25, 0.3) is 0 Å². The molecule has 0 saturated carbocycles. The molecule has 0 saturated heterocycles. The van der Waals surface area contributed by atoms with Gasteiger partial charge >= 0.3 is 0 Å². The molecule has 0 aliphatic heterocycles. The van der Waals surface area contributed by atoms with Crippen molar-refractivity contribution in [3.05, 3.63) is 156 Å². The Morgan fingerprint density at radius 1 is 0.585 bits per heavy atom. The second kappa shape index (κ2) is 15.6. The first kappa shape index (κ1) is 35.2. The van der Waals surface area contributed by atoms with Crippen LogP contribution in [0.1, 0.15) is 107 Å². The van der Waals surface area contributed by atoms with E-state index in [4.69, 9.17) is 0 Å². The largest absolute Gasteiger partial charge is 0.356 e. The lowest BCUT2D eigenvalue weighted by Gasteiger charge is -2.35. The van der Waals surface area contributed by atoms with Crippen molar-refractivity contribution < 1.29 is 0 Å². The van der Waals surface area contributed by atoms with Crippen molar-refractivity contribution in [3.8, 4) is 22.3 Å². The molecule has 1 N–H and O–H groups in total. The highest BCUT2D eigenvalue weighted by atomic mass is 14.9. The molecule has 0 heterocycles. The molecule has 268 valence electrons. The molecule has 8 rings (SSSR count). The summed E-state index contributed by atoms with van der Waals surface area (Å²) in [7, 11) is 0. The van der Waals surface area contributed by atoms with Crippen molar-refractivity contribution in [2.75, 3.05) is 5.32 Å². The lowest BCUT2D eigenvalue weighted by Crippen LogP contribution is -2.27. The van der Waals surface area contributed by atoms with Gasteiger partial charge in [0.1, 0.15) is 0 Å². The summed E-state index contributed by atoms with van der Waals surface area (Å²) in [6, 6.07) is 43.4. The van der Waals surface area contributed by atoms with E-state index in [1.165, 1.54) is 119 Å². The van der Waals surface area contributed by atoms with Crippen LogP contribution in [0.4, 0.5) is 11.4 Å². The maximum absolute atomic E-state index is 3.86. The zero-order chi connectivity index (χ0) is 36.2. The van der Waals surface area contributed by atoms with Crippen molar-refractivity contribution in [1.82, 2.24) is 0 Å². The molecule has 53 heavy (non-hydrogen) atoms. The van der Waals surface area contributed by atoms with Gasteiger partial charge in [-0.3, -0.25) is 0 Å². The zero-order valence-corrected chi connectivity index (χ0v) is 32.1. The van der Waals surface area contributed by atoms with Crippen molar-refractivity contribution in [3.63, 3.8) is 0 Å². The summed E-state index contributed by atoms with van der Waals surface area (Å²) in [5.74, 6) is 0.530. The second-order valence-corrected chi connectivity index (χ2v) is 15.8. The third-order valence-corrected chi connectivity index (χ3v) is 12.3. The van der Waals surface area contributed by atoms with Crippen molar-refractivity contribution in [1.29, 1.82) is 0 Å². The third-order valence-electron chi connectivity index (χ3n) is 12.3. The Bertz CT molecular complexity index is 2200. The number of aryl methyl sites for hydroxylation is 1. The molecule has 6 aromatic carbocycles. The Kier molecular flexibility index (Phi) is 10.4. The first-order valence-corrected chi connectivity index (χ1v) is 20.5. The SMILES string of the molecule is CCCCCCC1(CCCCCC)C2=CC=CCC2c2ccc(Nc3ccc(-c4c5ccccc5c(-c5ccc(C)cc5)c5ccccc45)cc3)cc21. The molecule has 0 amide bonds. The Morgan fingerprint density at radius 2 is 1.11 bits per heavy atom. The van der Waals surface area contributed by atoms with Gasteiger partial charge in [0.2, 0.25) is 0 Å². The number of rotatable bonds is 14. The first-order chi connectivity index (χ1) is 26.1. The van der Waals surface area contributed by atoms with Gasteiger partial charge in [-0.2, -0.15) is 0 Å². The van der Waals surface area contributed by atoms with Gasteiger partial charge in [-0.25, -0.2) is 0 Å². The molecule has 0 spiro atoms. The Morgan fingerprint density at radius 3 is 1.66 bits per heavy atom. The smallest absolute Gasteiger partial charge is 0.0387 e. The van der Waals surface area contributed by atoms with Gasteiger partial charge in [-0.1, -0.05) is 186 Å². The van der Waals surface area contributed by atoms with Gasteiger partial charge in [0.05, 0.1) is 0 Å². The summed E-state index contributed by atoms with van der Waals surface area (Å²) >= 11 is 0. The van der Waals surface area contributed by atoms with Crippen LogP contribution in [-0.4, -0.2) is 0 Å². The molecule has 0 radical (unpaired) electrons. The van der Waals surface area contributed by atoms with Gasteiger partial charge in [-0.05, 0) is 105 Å². The van der Waals surface area contributed by atoms with Crippen molar-refractivity contribution in [2.24, 2.45) is 0 Å². The molecule has 0 fully saturated rings. The Labute approximate surface area is 317 Å². The van der Waals surface area contributed by atoms with Crippen LogP contribution in [0, 0.1) is 6.92 Å². The molecular weight excluding hydrogens is 639 g/mol. The minimum atomic E-state index is 0.153. The van der Waals surface area contributed by atoms with E-state index in [1.807, 2.05) is 0 Å². The number of nitrogens with one attached hydrogen (secondary N) is 1. The fourth-order valence-corrected chi connectivity index (χ4v) is 9.67. The van der Waals surface area contributed by atoms with Gasteiger partial charge in [0.15, 0.2) is 0 Å². The Hall–Kier alpha value is -4.88. The second-order valence-electron chi connectivity index (χ2n) is 15.8. The molecule has 1 unspecified atom stereocenters. The Balaban J connectivity index is 1.14. The van der Waals surface area contributed by atoms with Crippen LogP contribution >= 0.6 is 0 Å². The summed E-state index contributed by atoms with van der Waals surface area (Å²) in [4.78, 5) is 0. The average molecular weight is 694 g/mol. The van der Waals surface area contributed by atoms with Crippen LogP contribution in [0.15, 0.2) is 139 Å². The van der Waals surface area contributed by atoms with Crippen LogP contribution in [0.25, 0.3) is 43.8 Å². The number of benzene rings is 6. The van der Waals surface area contributed by atoms with E-state index in [2.05, 4.69) is 160 Å². The van der Waals surface area contributed by atoms with Crippen LogP contribution < -0.4 is 5.32 Å². The summed E-state index contributed by atoms with van der Waals surface area (Å²) in [6.07, 6.45) is 21.4. The molecular formula is C52H55N. The number of hydrogen-bond acceptors (Lipinski definition) is 1. The summed E-state index contributed by atoms with van der Waals surface area (Å²) in [5.41, 5.74) is 13.8. The minimum Gasteiger partial charge on any atom is -0.356 e. The topological polar surface area (TPSA) is 12.0 Å². The number of fused-ring (bicyclic) bond motifs is 5. The van der Waals surface area contributed by atoms with Crippen molar-refractivity contribution in [2.45, 2.75) is 103 Å². The van der Waals surface area contributed by atoms with E-state index in [9.17, 15) is 0 Å². The van der Waals surface area contributed by atoms with Crippen LogP contribution in [0.2, 0.25) is 0 Å². The maximum Gasteiger partial charge on any atom is 0.0387 e. The number of hydrogen-bond donors (Lipinski definition) is 1. The van der Waals surface area contributed by atoms with E-state index in [0.717, 1.165) is 12.1 Å². The van der Waals surface area contributed by atoms with E-state index < -0.39 is 0 Å². The highest BCUT2D eigenvalue weighted by Crippen LogP contribution is 2.58. The molecule has 6 aromatic rings. The van der Waals surface area contributed by atoms with E-state index in [-0.39, 0.29) is 5.41 Å². The molecule has 0 aromatic heterocycles. The number of anilines is 2. The molecule has 1 nitrogen and oxygen atoms in total. The van der Waals surface area contributed by atoms with Crippen molar-refractivity contribution >= 4 is 32.9 Å². The average Bonchev–Trinajstić information content (AvgIpc) is 3.47. The van der Waals surface area contributed by atoms with Gasteiger partial charge in [0, 0.05) is 22.7 Å². The molecule has 2 aliphatic carbocycles. The minimum absolute atomic E-state index is 0.153. The van der Waals surface area contributed by atoms with Crippen LogP contribution in [-0.2, 0) is 5.41 Å².